The second-order valence-electron chi connectivity index (χ2n) is 8.48. The summed E-state index contributed by atoms with van der Waals surface area (Å²) in [5.74, 6) is 1.64. The normalized spacial score (nSPS) is 11.3. The van der Waals surface area contributed by atoms with Gasteiger partial charge in [0.25, 0.3) is 5.91 Å². The molecule has 0 bridgehead atoms. The number of nitrogens with one attached hydrogen (secondary N) is 3. The number of oxazole rings is 1. The van der Waals surface area contributed by atoms with Crippen LogP contribution >= 0.6 is 0 Å². The van der Waals surface area contributed by atoms with Crippen LogP contribution in [0.25, 0.3) is 33.3 Å². The summed E-state index contributed by atoms with van der Waals surface area (Å²) >= 11 is 0. The monoisotopic (exact) mass is 486 g/mol. The molecule has 0 saturated carbocycles. The number of ether oxygens (including phenoxy) is 2. The zero-order chi connectivity index (χ0) is 25.4. The number of nitrogens with zero attached hydrogens (tertiary/aromatic N) is 3. The third-order valence-corrected chi connectivity index (χ3v) is 5.59. The smallest absolute Gasteiger partial charge is 0.251 e. The molecule has 2 aromatic carbocycles. The summed E-state index contributed by atoms with van der Waals surface area (Å²) < 4.78 is 17.3. The number of hydrogen-bond donors (Lipinski definition) is 3. The molecular formula is C26H26N6O4. The summed E-state index contributed by atoms with van der Waals surface area (Å²) in [7, 11) is 3.12. The maximum Gasteiger partial charge on any atom is 0.251 e. The van der Waals surface area contributed by atoms with Gasteiger partial charge in [-0.3, -0.25) is 4.79 Å². The summed E-state index contributed by atoms with van der Waals surface area (Å²) in [5.41, 5.74) is 5.01. The van der Waals surface area contributed by atoms with Crippen molar-refractivity contribution in [3.8, 4) is 22.8 Å². The van der Waals surface area contributed by atoms with Gasteiger partial charge in [-0.2, -0.15) is 9.97 Å². The highest BCUT2D eigenvalue weighted by atomic mass is 16.5. The Labute approximate surface area is 207 Å². The number of aryl methyl sites for hydroxylation is 1. The van der Waals surface area contributed by atoms with Gasteiger partial charge in [0.15, 0.2) is 11.5 Å². The first kappa shape index (κ1) is 23.2. The van der Waals surface area contributed by atoms with Crippen molar-refractivity contribution in [2.45, 2.75) is 26.9 Å². The van der Waals surface area contributed by atoms with Crippen LogP contribution in [0.3, 0.4) is 0 Å². The van der Waals surface area contributed by atoms with E-state index in [1.807, 2.05) is 45.2 Å². The zero-order valence-corrected chi connectivity index (χ0v) is 20.6. The number of carbonyl (C=O) groups excluding carboxylic acids is 1. The van der Waals surface area contributed by atoms with Gasteiger partial charge in [-0.25, -0.2) is 4.98 Å². The molecule has 5 rings (SSSR count). The standard InChI is InChI=1S/C26H26N6O4/c1-13(2)35-25-22-17(15-6-8-19-21(10-15)36-14(3)29-19)12-28-23(22)31-26(32-25)30-18-9-7-16(24(33)27-4)11-20(18)34-5/h6-13H,1-5H3,(H,27,33)(H2,28,30,31,32). The number of H-pyrrole nitrogens is 1. The average molecular weight is 487 g/mol. The molecule has 184 valence electrons. The van der Waals surface area contributed by atoms with Crippen LogP contribution in [0, 0.1) is 6.92 Å². The highest BCUT2D eigenvalue weighted by molar-refractivity contribution is 5.99. The summed E-state index contributed by atoms with van der Waals surface area (Å²) in [6.45, 7) is 5.71. The number of anilines is 2. The van der Waals surface area contributed by atoms with Gasteiger partial charge in [-0.15, -0.1) is 0 Å². The molecule has 0 aliphatic rings. The number of methoxy groups -OCH3 is 1. The fourth-order valence-corrected chi connectivity index (χ4v) is 4.00. The average Bonchev–Trinajstić information content (AvgIpc) is 3.45. The van der Waals surface area contributed by atoms with Crippen LogP contribution < -0.4 is 20.1 Å². The predicted molar refractivity (Wildman–Crippen MR) is 137 cm³/mol. The van der Waals surface area contributed by atoms with E-state index in [-0.39, 0.29) is 12.0 Å². The topological polar surface area (TPSA) is 127 Å². The molecule has 1 amide bonds. The Morgan fingerprint density at radius 2 is 1.94 bits per heavy atom. The molecule has 0 fully saturated rings. The Balaban J connectivity index is 1.58. The van der Waals surface area contributed by atoms with Crippen molar-refractivity contribution in [3.05, 3.63) is 54.0 Å². The quantitative estimate of drug-likeness (QED) is 0.294. The first-order valence-electron chi connectivity index (χ1n) is 11.5. The van der Waals surface area contributed by atoms with Gasteiger partial charge in [-0.1, -0.05) is 6.07 Å². The maximum absolute atomic E-state index is 12.0. The van der Waals surface area contributed by atoms with Crippen molar-refractivity contribution < 1.29 is 18.7 Å². The van der Waals surface area contributed by atoms with E-state index < -0.39 is 0 Å². The molecule has 0 atom stereocenters. The van der Waals surface area contributed by atoms with Crippen LogP contribution in [0.4, 0.5) is 11.6 Å². The lowest BCUT2D eigenvalue weighted by atomic mass is 10.1. The van der Waals surface area contributed by atoms with Crippen molar-refractivity contribution in [1.29, 1.82) is 0 Å². The summed E-state index contributed by atoms with van der Waals surface area (Å²) in [5, 5.41) is 6.55. The van der Waals surface area contributed by atoms with Gasteiger partial charge in [0, 0.05) is 31.3 Å². The SMILES string of the molecule is CNC(=O)c1ccc(Nc2nc(OC(C)C)c3c(-c4ccc5nc(C)oc5c4)c[nH]c3n2)c(OC)c1. The number of fused-ring (bicyclic) bond motifs is 2. The van der Waals surface area contributed by atoms with Crippen molar-refractivity contribution in [3.63, 3.8) is 0 Å². The minimum absolute atomic E-state index is 0.112. The second kappa shape index (κ2) is 9.21. The van der Waals surface area contributed by atoms with Crippen molar-refractivity contribution in [2.75, 3.05) is 19.5 Å². The van der Waals surface area contributed by atoms with Crippen molar-refractivity contribution in [1.82, 2.24) is 25.3 Å². The van der Waals surface area contributed by atoms with Crippen LogP contribution in [0.15, 0.2) is 47.0 Å². The maximum atomic E-state index is 12.0. The van der Waals surface area contributed by atoms with E-state index in [4.69, 9.17) is 13.9 Å². The number of hydrogen-bond acceptors (Lipinski definition) is 8. The van der Waals surface area contributed by atoms with Gasteiger partial charge in [0.1, 0.15) is 16.9 Å². The third-order valence-electron chi connectivity index (χ3n) is 5.59. The molecule has 3 N–H and O–H groups in total. The number of benzene rings is 2. The molecule has 5 aromatic rings. The summed E-state index contributed by atoms with van der Waals surface area (Å²) in [4.78, 5) is 29.0. The highest BCUT2D eigenvalue weighted by Gasteiger charge is 2.19. The third kappa shape index (κ3) is 4.28. The molecule has 10 heteroatoms. The highest BCUT2D eigenvalue weighted by Crippen LogP contribution is 2.37. The Morgan fingerprint density at radius 1 is 1.11 bits per heavy atom. The van der Waals surface area contributed by atoms with Crippen molar-refractivity contribution >= 4 is 39.7 Å². The van der Waals surface area contributed by atoms with Gasteiger partial charge < -0.3 is 29.5 Å². The zero-order valence-electron chi connectivity index (χ0n) is 20.6. The van der Waals surface area contributed by atoms with Crippen LogP contribution in [0.1, 0.15) is 30.1 Å². The van der Waals surface area contributed by atoms with Gasteiger partial charge in [0.2, 0.25) is 11.8 Å². The Morgan fingerprint density at radius 3 is 2.69 bits per heavy atom. The lowest BCUT2D eigenvalue weighted by Gasteiger charge is -2.14. The molecule has 3 aromatic heterocycles. The van der Waals surface area contributed by atoms with Gasteiger partial charge in [-0.05, 0) is 49.7 Å². The van der Waals surface area contributed by atoms with E-state index in [1.165, 1.54) is 7.11 Å². The second-order valence-corrected chi connectivity index (χ2v) is 8.48. The molecule has 0 spiro atoms. The number of aromatic nitrogens is 4. The van der Waals surface area contributed by atoms with Crippen LogP contribution in [-0.4, -0.2) is 46.1 Å². The molecule has 0 aliphatic heterocycles. The summed E-state index contributed by atoms with van der Waals surface area (Å²) in [6.07, 6.45) is 1.76. The number of aromatic amines is 1. The predicted octanol–water partition coefficient (Wildman–Crippen LogP) is 4.97. The number of rotatable bonds is 7. The van der Waals surface area contributed by atoms with Gasteiger partial charge in [0.05, 0.1) is 24.3 Å². The lowest BCUT2D eigenvalue weighted by molar-refractivity contribution is 0.0962. The minimum atomic E-state index is -0.206. The van der Waals surface area contributed by atoms with Crippen LogP contribution in [0.5, 0.6) is 11.6 Å². The van der Waals surface area contributed by atoms with Crippen LogP contribution in [0.2, 0.25) is 0 Å². The molecular weight excluding hydrogens is 460 g/mol. The van der Waals surface area contributed by atoms with E-state index in [1.54, 1.807) is 25.2 Å². The minimum Gasteiger partial charge on any atom is -0.495 e. The molecule has 0 saturated heterocycles. The first-order valence-corrected chi connectivity index (χ1v) is 11.5. The van der Waals surface area contributed by atoms with Crippen molar-refractivity contribution in [2.24, 2.45) is 0 Å². The van der Waals surface area contributed by atoms with E-state index in [0.717, 1.165) is 22.0 Å². The molecule has 0 unspecified atom stereocenters. The van der Waals surface area contributed by atoms with Crippen LogP contribution in [-0.2, 0) is 0 Å². The Bertz CT molecular complexity index is 1590. The molecule has 0 radical (unpaired) electrons. The largest absolute Gasteiger partial charge is 0.495 e. The number of carbonyl (C=O) groups is 1. The lowest BCUT2D eigenvalue weighted by Crippen LogP contribution is -2.17. The van der Waals surface area contributed by atoms with E-state index in [0.29, 0.717) is 45.9 Å². The Hall–Kier alpha value is -4.60. The van der Waals surface area contributed by atoms with E-state index in [9.17, 15) is 4.79 Å². The Kier molecular flexibility index (Phi) is 5.93. The van der Waals surface area contributed by atoms with E-state index in [2.05, 4.69) is 30.6 Å². The molecule has 0 aliphatic carbocycles. The first-order chi connectivity index (χ1) is 17.4. The van der Waals surface area contributed by atoms with Gasteiger partial charge >= 0.3 is 0 Å². The molecule has 10 nitrogen and oxygen atoms in total. The molecule has 36 heavy (non-hydrogen) atoms. The summed E-state index contributed by atoms with van der Waals surface area (Å²) in [6, 6.07) is 10.9. The fraction of sp³-hybridized carbons (Fsp3) is 0.231. The number of amides is 1. The fourth-order valence-electron chi connectivity index (χ4n) is 4.00. The molecule has 3 heterocycles. The van der Waals surface area contributed by atoms with E-state index >= 15 is 0 Å².